The lowest BCUT2D eigenvalue weighted by Crippen LogP contribution is -2.18. The topological polar surface area (TPSA) is 43.1 Å². The van der Waals surface area contributed by atoms with Crippen molar-refractivity contribution in [1.29, 1.82) is 0 Å². The van der Waals surface area contributed by atoms with Gasteiger partial charge in [0.15, 0.2) is 0 Å². The second-order valence-corrected chi connectivity index (χ2v) is 2.41. The van der Waals surface area contributed by atoms with Gasteiger partial charge in [0.2, 0.25) is 5.91 Å². The minimum atomic E-state index is -4.54. The lowest BCUT2D eigenvalue weighted by Gasteiger charge is -2.09. The summed E-state index contributed by atoms with van der Waals surface area (Å²) in [5.41, 5.74) is 3.27. The summed E-state index contributed by atoms with van der Waals surface area (Å²) in [6, 6.07) is 4.40. The highest BCUT2D eigenvalue weighted by Gasteiger charge is 2.34. The van der Waals surface area contributed by atoms with Crippen molar-refractivity contribution in [2.75, 3.05) is 0 Å². The first kappa shape index (κ1) is 13.0. The quantitative estimate of drug-likeness (QED) is 0.836. The van der Waals surface area contributed by atoms with Gasteiger partial charge in [-0.05, 0) is 12.1 Å². The van der Waals surface area contributed by atoms with Crippen LogP contribution in [-0.4, -0.2) is 5.91 Å². The van der Waals surface area contributed by atoms with Crippen molar-refractivity contribution < 1.29 is 18.0 Å². The summed E-state index contributed by atoms with van der Waals surface area (Å²) in [6.45, 7) is 0. The van der Waals surface area contributed by atoms with Crippen molar-refractivity contribution in [1.82, 2.24) is 0 Å². The number of amides is 1. The fourth-order valence-corrected chi connectivity index (χ4v) is 0.945. The highest BCUT2D eigenvalue weighted by molar-refractivity contribution is 8.93. The SMILES string of the molecule is Br.NC(=O)c1ccccc1C(F)(F)F. The lowest BCUT2D eigenvalue weighted by molar-refractivity contribution is -0.137. The number of carbonyl (C=O) groups excluding carboxylic acids is 1. The zero-order valence-electron chi connectivity index (χ0n) is 6.84. The number of carbonyl (C=O) groups is 1. The normalized spacial score (nSPS) is 10.5. The number of alkyl halides is 3. The van der Waals surface area contributed by atoms with Gasteiger partial charge in [-0.2, -0.15) is 13.2 Å². The maximum absolute atomic E-state index is 12.2. The number of hydrogen-bond acceptors (Lipinski definition) is 1. The Bertz CT molecular complexity index is 338. The van der Waals surface area contributed by atoms with E-state index in [-0.39, 0.29) is 17.0 Å². The van der Waals surface area contributed by atoms with Crippen molar-refractivity contribution >= 4 is 22.9 Å². The van der Waals surface area contributed by atoms with Crippen molar-refractivity contribution in [3.8, 4) is 0 Å². The first-order chi connectivity index (χ1) is 5.93. The summed E-state index contributed by atoms with van der Waals surface area (Å²) >= 11 is 0. The van der Waals surface area contributed by atoms with Gasteiger partial charge in [0, 0.05) is 0 Å². The molecule has 0 aliphatic heterocycles. The molecule has 78 valence electrons. The van der Waals surface area contributed by atoms with Gasteiger partial charge < -0.3 is 5.73 Å². The Morgan fingerprint density at radius 1 is 1.21 bits per heavy atom. The molecule has 14 heavy (non-hydrogen) atoms. The van der Waals surface area contributed by atoms with E-state index in [0.717, 1.165) is 12.1 Å². The fraction of sp³-hybridized carbons (Fsp3) is 0.125. The molecular weight excluding hydrogens is 263 g/mol. The van der Waals surface area contributed by atoms with Gasteiger partial charge >= 0.3 is 6.18 Å². The smallest absolute Gasteiger partial charge is 0.366 e. The summed E-state index contributed by atoms with van der Waals surface area (Å²) in [6.07, 6.45) is -4.54. The molecule has 1 amide bonds. The molecule has 0 bridgehead atoms. The Hall–Kier alpha value is -1.04. The molecule has 1 aromatic rings. The third-order valence-electron chi connectivity index (χ3n) is 1.50. The molecule has 0 aromatic heterocycles. The summed E-state index contributed by atoms with van der Waals surface area (Å²) in [4.78, 5) is 10.6. The van der Waals surface area contributed by atoms with Crippen LogP contribution in [0.1, 0.15) is 15.9 Å². The van der Waals surface area contributed by atoms with Crippen LogP contribution < -0.4 is 5.73 Å². The molecule has 0 saturated heterocycles. The third kappa shape index (κ3) is 2.73. The van der Waals surface area contributed by atoms with Gasteiger partial charge in [-0.25, -0.2) is 0 Å². The van der Waals surface area contributed by atoms with E-state index in [4.69, 9.17) is 5.73 Å². The number of hydrogen-bond donors (Lipinski definition) is 1. The highest BCUT2D eigenvalue weighted by atomic mass is 79.9. The molecule has 0 aliphatic rings. The predicted molar refractivity (Wildman–Crippen MR) is 50.3 cm³/mol. The van der Waals surface area contributed by atoms with Crippen molar-refractivity contribution in [3.05, 3.63) is 35.4 Å². The highest BCUT2D eigenvalue weighted by Crippen LogP contribution is 2.31. The second-order valence-electron chi connectivity index (χ2n) is 2.41. The Morgan fingerprint density at radius 2 is 1.71 bits per heavy atom. The van der Waals surface area contributed by atoms with Crippen LogP contribution in [0.2, 0.25) is 0 Å². The van der Waals surface area contributed by atoms with Crippen LogP contribution in [0.4, 0.5) is 13.2 Å². The van der Waals surface area contributed by atoms with Crippen LogP contribution in [0, 0.1) is 0 Å². The zero-order valence-corrected chi connectivity index (χ0v) is 8.55. The van der Waals surface area contributed by atoms with Crippen molar-refractivity contribution in [3.63, 3.8) is 0 Å². The third-order valence-corrected chi connectivity index (χ3v) is 1.50. The molecule has 0 unspecified atom stereocenters. The molecule has 2 nitrogen and oxygen atoms in total. The monoisotopic (exact) mass is 269 g/mol. The molecule has 1 aromatic carbocycles. The van der Waals surface area contributed by atoms with Crippen LogP contribution in [0.15, 0.2) is 24.3 Å². The van der Waals surface area contributed by atoms with Crippen LogP contribution in [0.3, 0.4) is 0 Å². The molecule has 0 saturated carbocycles. The number of primary amides is 1. The van der Waals surface area contributed by atoms with Crippen LogP contribution in [0.5, 0.6) is 0 Å². The van der Waals surface area contributed by atoms with Gasteiger partial charge in [0.05, 0.1) is 11.1 Å². The second kappa shape index (κ2) is 4.45. The van der Waals surface area contributed by atoms with E-state index in [1.54, 1.807) is 0 Å². The van der Waals surface area contributed by atoms with Gasteiger partial charge in [0.1, 0.15) is 0 Å². The molecule has 0 aliphatic carbocycles. The minimum Gasteiger partial charge on any atom is -0.366 e. The molecule has 0 atom stereocenters. The molecule has 0 spiro atoms. The zero-order chi connectivity index (χ0) is 10.1. The first-order valence-electron chi connectivity index (χ1n) is 3.39. The van der Waals surface area contributed by atoms with Crippen molar-refractivity contribution in [2.24, 2.45) is 5.73 Å². The molecule has 0 radical (unpaired) electrons. The summed E-state index contributed by atoms with van der Waals surface area (Å²) < 4.78 is 36.6. The van der Waals surface area contributed by atoms with Gasteiger partial charge in [-0.1, -0.05) is 12.1 Å². The number of nitrogens with two attached hydrogens (primary N) is 1. The van der Waals surface area contributed by atoms with Crippen LogP contribution in [0.25, 0.3) is 0 Å². The molecule has 6 heteroatoms. The number of benzene rings is 1. The van der Waals surface area contributed by atoms with Gasteiger partial charge in [-0.15, -0.1) is 17.0 Å². The first-order valence-corrected chi connectivity index (χ1v) is 3.39. The number of rotatable bonds is 1. The van der Waals surface area contributed by atoms with Crippen molar-refractivity contribution in [2.45, 2.75) is 6.18 Å². The van der Waals surface area contributed by atoms with E-state index < -0.39 is 23.2 Å². The largest absolute Gasteiger partial charge is 0.417 e. The van der Waals surface area contributed by atoms with Gasteiger partial charge in [-0.3, -0.25) is 4.79 Å². The summed E-state index contributed by atoms with van der Waals surface area (Å²) in [7, 11) is 0. The van der Waals surface area contributed by atoms with E-state index in [2.05, 4.69) is 0 Å². The van der Waals surface area contributed by atoms with Gasteiger partial charge in [0.25, 0.3) is 0 Å². The number of halogens is 4. The summed E-state index contributed by atoms with van der Waals surface area (Å²) in [5, 5.41) is 0. The predicted octanol–water partition coefficient (Wildman–Crippen LogP) is 2.38. The van der Waals surface area contributed by atoms with E-state index in [1.807, 2.05) is 0 Å². The minimum absolute atomic E-state index is 0. The average Bonchev–Trinajstić information content (AvgIpc) is 2.03. The molecular formula is C8H7BrF3NO. The molecule has 0 fully saturated rings. The maximum Gasteiger partial charge on any atom is 0.417 e. The standard InChI is InChI=1S/C8H6F3NO.BrH/c9-8(10,11)6-4-2-1-3-5(6)7(12)13;/h1-4H,(H2,12,13);1H. The Kier molecular flexibility index (Phi) is 4.12. The Labute approximate surface area is 88.7 Å². The van der Waals surface area contributed by atoms with E-state index in [0.29, 0.717) is 0 Å². The van der Waals surface area contributed by atoms with Crippen LogP contribution >= 0.6 is 17.0 Å². The molecule has 1 rings (SSSR count). The van der Waals surface area contributed by atoms with E-state index in [1.165, 1.54) is 12.1 Å². The van der Waals surface area contributed by atoms with E-state index in [9.17, 15) is 18.0 Å². The summed E-state index contributed by atoms with van der Waals surface area (Å²) in [5.74, 6) is -1.08. The lowest BCUT2D eigenvalue weighted by atomic mass is 10.1. The molecule has 2 N–H and O–H groups in total. The Morgan fingerprint density at radius 3 is 2.07 bits per heavy atom. The maximum atomic E-state index is 12.2. The fourth-order valence-electron chi connectivity index (χ4n) is 0.945. The van der Waals surface area contributed by atoms with Crippen LogP contribution in [-0.2, 0) is 6.18 Å². The molecule has 0 heterocycles. The van der Waals surface area contributed by atoms with E-state index >= 15 is 0 Å². The Balaban J connectivity index is 0.00000169. The average molecular weight is 270 g/mol.